The van der Waals surface area contributed by atoms with Gasteiger partial charge in [0.05, 0.1) is 16.7 Å². The van der Waals surface area contributed by atoms with E-state index in [1.807, 2.05) is 31.2 Å². The Bertz CT molecular complexity index is 790. The highest BCUT2D eigenvalue weighted by molar-refractivity contribution is 6.36. The number of fused-ring (bicyclic) bond motifs is 1. The predicted molar refractivity (Wildman–Crippen MR) is 88.4 cm³/mol. The first-order valence-electron chi connectivity index (χ1n) is 6.34. The molecule has 1 heterocycles. The molecule has 0 radical (unpaired) electrons. The Hall–Kier alpha value is -2.04. The summed E-state index contributed by atoms with van der Waals surface area (Å²) < 4.78 is 0. The van der Waals surface area contributed by atoms with Crippen molar-refractivity contribution in [2.24, 2.45) is 5.10 Å². The smallest absolute Gasteiger partial charge is 0.222 e. The van der Waals surface area contributed by atoms with Gasteiger partial charge in [0.2, 0.25) is 5.95 Å². The fourth-order valence-corrected chi connectivity index (χ4v) is 2.40. The van der Waals surface area contributed by atoms with Crippen molar-refractivity contribution >= 4 is 45.9 Å². The van der Waals surface area contributed by atoms with Crippen LogP contribution in [0, 0.1) is 0 Å². The summed E-state index contributed by atoms with van der Waals surface area (Å²) in [7, 11) is 0. The molecule has 0 aliphatic rings. The maximum Gasteiger partial charge on any atom is 0.222 e. The summed E-state index contributed by atoms with van der Waals surface area (Å²) in [5.74, 6) is 0.578. The average molecular weight is 319 g/mol. The number of benzene rings is 2. The lowest BCUT2D eigenvalue weighted by molar-refractivity contribution is 1.20. The second kappa shape index (κ2) is 5.76. The molecule has 0 atom stereocenters. The van der Waals surface area contributed by atoms with E-state index >= 15 is 0 Å². The molecule has 0 aliphatic carbocycles. The van der Waals surface area contributed by atoms with Crippen LogP contribution in [0.25, 0.3) is 11.0 Å². The Kier molecular flexibility index (Phi) is 3.82. The maximum absolute atomic E-state index is 6.15. The summed E-state index contributed by atoms with van der Waals surface area (Å²) in [6, 6.07) is 13.0. The van der Waals surface area contributed by atoms with Gasteiger partial charge in [-0.3, -0.25) is 0 Å². The molecule has 1 aromatic heterocycles. The zero-order valence-electron chi connectivity index (χ0n) is 11.2. The number of nitrogens with one attached hydrogen (secondary N) is 2. The van der Waals surface area contributed by atoms with Crippen LogP contribution in [0.4, 0.5) is 5.95 Å². The number of hydrogen-bond donors (Lipinski definition) is 2. The van der Waals surface area contributed by atoms with Gasteiger partial charge in [0.15, 0.2) is 0 Å². The Labute approximate surface area is 131 Å². The molecule has 0 bridgehead atoms. The number of para-hydroxylation sites is 2. The van der Waals surface area contributed by atoms with Gasteiger partial charge < -0.3 is 4.98 Å². The number of hydrogen-bond acceptors (Lipinski definition) is 3. The molecule has 21 heavy (non-hydrogen) atoms. The SMILES string of the molecule is CC(=NNc1nc2ccccc2[nH]1)c1cc(Cl)ccc1Cl. The lowest BCUT2D eigenvalue weighted by Crippen LogP contribution is -2.01. The topological polar surface area (TPSA) is 53.1 Å². The molecule has 106 valence electrons. The summed E-state index contributed by atoms with van der Waals surface area (Å²) in [6.45, 7) is 1.85. The minimum atomic E-state index is 0.578. The predicted octanol–water partition coefficient (Wildman–Crippen LogP) is 4.71. The van der Waals surface area contributed by atoms with E-state index in [1.54, 1.807) is 18.2 Å². The molecular weight excluding hydrogens is 307 g/mol. The molecule has 4 nitrogen and oxygen atoms in total. The van der Waals surface area contributed by atoms with Gasteiger partial charge in [0.25, 0.3) is 0 Å². The van der Waals surface area contributed by atoms with Gasteiger partial charge in [-0.1, -0.05) is 35.3 Å². The first-order chi connectivity index (χ1) is 10.1. The molecule has 0 aliphatic heterocycles. The van der Waals surface area contributed by atoms with E-state index in [0.717, 1.165) is 22.3 Å². The van der Waals surface area contributed by atoms with E-state index in [1.165, 1.54) is 0 Å². The molecule has 2 N–H and O–H groups in total. The van der Waals surface area contributed by atoms with E-state index in [4.69, 9.17) is 23.2 Å². The maximum atomic E-state index is 6.15. The largest absolute Gasteiger partial charge is 0.323 e. The number of halogens is 2. The van der Waals surface area contributed by atoms with Gasteiger partial charge in [0, 0.05) is 15.6 Å². The number of anilines is 1. The highest BCUT2D eigenvalue weighted by Gasteiger charge is 2.06. The summed E-state index contributed by atoms with van der Waals surface area (Å²) in [5.41, 5.74) is 6.24. The van der Waals surface area contributed by atoms with Gasteiger partial charge >= 0.3 is 0 Å². The number of H-pyrrole nitrogens is 1. The van der Waals surface area contributed by atoms with Crippen LogP contribution in [0.1, 0.15) is 12.5 Å². The van der Waals surface area contributed by atoms with E-state index in [2.05, 4.69) is 20.5 Å². The molecule has 6 heteroatoms. The number of imidazole rings is 1. The van der Waals surface area contributed by atoms with Crippen molar-refractivity contribution in [3.63, 3.8) is 0 Å². The quantitative estimate of drug-likeness (QED) is 0.543. The first kappa shape index (κ1) is 13.9. The molecule has 0 fully saturated rings. The highest BCUT2D eigenvalue weighted by atomic mass is 35.5. The third-order valence-electron chi connectivity index (χ3n) is 3.04. The highest BCUT2D eigenvalue weighted by Crippen LogP contribution is 2.21. The first-order valence-corrected chi connectivity index (χ1v) is 7.09. The van der Waals surface area contributed by atoms with Crippen molar-refractivity contribution in [3.05, 3.63) is 58.1 Å². The monoisotopic (exact) mass is 318 g/mol. The van der Waals surface area contributed by atoms with Crippen LogP contribution < -0.4 is 5.43 Å². The molecule has 3 aromatic rings. The standard InChI is InChI=1S/C15H12Cl2N4/c1-9(11-8-10(16)6-7-12(11)17)20-21-15-18-13-4-2-3-5-14(13)19-15/h2-8H,1H3,(H2,18,19,21). The van der Waals surface area contributed by atoms with Gasteiger partial charge in [-0.05, 0) is 37.3 Å². The Morgan fingerprint density at radius 1 is 1.19 bits per heavy atom. The second-order valence-corrected chi connectivity index (χ2v) is 5.38. The van der Waals surface area contributed by atoms with Gasteiger partial charge in [-0.2, -0.15) is 5.10 Å². The van der Waals surface area contributed by atoms with Crippen molar-refractivity contribution < 1.29 is 0 Å². The van der Waals surface area contributed by atoms with Crippen LogP contribution in [0.3, 0.4) is 0 Å². The summed E-state index contributed by atoms with van der Waals surface area (Å²) in [6.07, 6.45) is 0. The van der Waals surface area contributed by atoms with Crippen molar-refractivity contribution in [1.82, 2.24) is 9.97 Å². The second-order valence-electron chi connectivity index (χ2n) is 4.54. The van der Waals surface area contributed by atoms with Crippen LogP contribution in [-0.2, 0) is 0 Å². The van der Waals surface area contributed by atoms with Gasteiger partial charge in [0.1, 0.15) is 0 Å². The van der Waals surface area contributed by atoms with Gasteiger partial charge in [-0.25, -0.2) is 10.4 Å². The summed E-state index contributed by atoms with van der Waals surface area (Å²) in [4.78, 5) is 7.53. The molecular formula is C15H12Cl2N4. The van der Waals surface area contributed by atoms with Crippen LogP contribution in [0.2, 0.25) is 10.0 Å². The van der Waals surface area contributed by atoms with E-state index in [9.17, 15) is 0 Å². The summed E-state index contributed by atoms with van der Waals surface area (Å²) >= 11 is 12.1. The Morgan fingerprint density at radius 2 is 2.00 bits per heavy atom. The van der Waals surface area contributed by atoms with E-state index in [-0.39, 0.29) is 0 Å². The molecule has 0 saturated heterocycles. The van der Waals surface area contributed by atoms with Crippen LogP contribution in [-0.4, -0.2) is 15.7 Å². The minimum absolute atomic E-state index is 0.578. The Balaban J connectivity index is 1.86. The number of aromatic amines is 1. The molecule has 3 rings (SSSR count). The number of aromatic nitrogens is 2. The van der Waals surface area contributed by atoms with Crippen molar-refractivity contribution in [3.8, 4) is 0 Å². The molecule has 0 amide bonds. The molecule has 0 saturated carbocycles. The van der Waals surface area contributed by atoms with Crippen molar-refractivity contribution in [2.75, 3.05) is 5.43 Å². The average Bonchev–Trinajstić information content (AvgIpc) is 2.90. The Morgan fingerprint density at radius 3 is 2.81 bits per heavy atom. The van der Waals surface area contributed by atoms with E-state index in [0.29, 0.717) is 16.0 Å². The number of nitrogens with zero attached hydrogens (tertiary/aromatic N) is 2. The fourth-order valence-electron chi connectivity index (χ4n) is 1.98. The fraction of sp³-hybridized carbons (Fsp3) is 0.0667. The number of hydrazone groups is 1. The van der Waals surface area contributed by atoms with Gasteiger partial charge in [-0.15, -0.1) is 0 Å². The zero-order valence-corrected chi connectivity index (χ0v) is 12.7. The normalized spacial score (nSPS) is 11.9. The number of rotatable bonds is 3. The molecule has 0 unspecified atom stereocenters. The van der Waals surface area contributed by atoms with Crippen LogP contribution >= 0.6 is 23.2 Å². The minimum Gasteiger partial charge on any atom is -0.323 e. The lowest BCUT2D eigenvalue weighted by atomic mass is 10.1. The molecule has 2 aromatic carbocycles. The summed E-state index contributed by atoms with van der Waals surface area (Å²) in [5, 5.41) is 5.51. The zero-order chi connectivity index (χ0) is 14.8. The lowest BCUT2D eigenvalue weighted by Gasteiger charge is -2.04. The third kappa shape index (κ3) is 3.01. The van der Waals surface area contributed by atoms with Crippen LogP contribution in [0.15, 0.2) is 47.6 Å². The van der Waals surface area contributed by atoms with Crippen molar-refractivity contribution in [1.29, 1.82) is 0 Å². The van der Waals surface area contributed by atoms with Crippen LogP contribution in [0.5, 0.6) is 0 Å². The van der Waals surface area contributed by atoms with Crippen molar-refractivity contribution in [2.45, 2.75) is 6.92 Å². The molecule has 0 spiro atoms. The van der Waals surface area contributed by atoms with E-state index < -0.39 is 0 Å². The third-order valence-corrected chi connectivity index (χ3v) is 3.60.